The van der Waals surface area contributed by atoms with Crippen LogP contribution in [0.15, 0.2) is 48.5 Å². The van der Waals surface area contributed by atoms with Gasteiger partial charge >= 0.3 is 0 Å². The Morgan fingerprint density at radius 3 is 2.83 bits per heavy atom. The Hall–Kier alpha value is -3.03. The summed E-state index contributed by atoms with van der Waals surface area (Å²) in [6.07, 6.45) is 3.74. The molecule has 1 spiro atoms. The second-order valence-corrected chi connectivity index (χ2v) is 7.54. The first-order chi connectivity index (χ1) is 14.0. The molecule has 2 aliphatic rings. The predicted molar refractivity (Wildman–Crippen MR) is 104 cm³/mol. The maximum absolute atomic E-state index is 13.1. The number of carbonyl (C=O) groups is 2. The summed E-state index contributed by atoms with van der Waals surface area (Å²) in [5.41, 5.74) is 3.17. The van der Waals surface area contributed by atoms with Gasteiger partial charge in [-0.2, -0.15) is 0 Å². The van der Waals surface area contributed by atoms with Crippen LogP contribution in [0.2, 0.25) is 0 Å². The Morgan fingerprint density at radius 2 is 2.07 bits per heavy atom. The number of halogens is 1. The molecule has 0 radical (unpaired) electrons. The lowest BCUT2D eigenvalue weighted by atomic mass is 9.88. The fourth-order valence-corrected chi connectivity index (χ4v) is 3.96. The Bertz CT molecular complexity index is 973. The second-order valence-electron chi connectivity index (χ2n) is 7.54. The summed E-state index contributed by atoms with van der Waals surface area (Å²) in [4.78, 5) is 26.2. The van der Waals surface area contributed by atoms with Gasteiger partial charge in [-0.1, -0.05) is 18.2 Å². The van der Waals surface area contributed by atoms with Crippen LogP contribution in [0.4, 0.5) is 4.39 Å². The van der Waals surface area contributed by atoms with Gasteiger partial charge in [-0.05, 0) is 41.5 Å². The first kappa shape index (κ1) is 19.3. The van der Waals surface area contributed by atoms with E-state index in [1.54, 1.807) is 30.3 Å². The van der Waals surface area contributed by atoms with Crippen molar-refractivity contribution in [3.8, 4) is 5.75 Å². The van der Waals surface area contributed by atoms with Crippen molar-refractivity contribution in [3.05, 3.63) is 71.0 Å². The largest absolute Gasteiger partial charge is 0.485 e. The van der Waals surface area contributed by atoms with Crippen LogP contribution >= 0.6 is 0 Å². The van der Waals surface area contributed by atoms with Gasteiger partial charge in [0.15, 0.2) is 5.78 Å². The molecule has 150 valence electrons. The SMILES string of the molecule is O=C(/C=C/c1ccc2c(c1)C(=O)CC1(CCN(Cc3ccc(F)cc3)C1)O2)NO. The number of carbonyl (C=O) groups excluding carboxylic acids is 2. The molecule has 1 amide bonds. The molecule has 2 aromatic carbocycles. The summed E-state index contributed by atoms with van der Waals surface area (Å²) in [6.45, 7) is 2.12. The van der Waals surface area contributed by atoms with E-state index >= 15 is 0 Å². The normalized spacial score (nSPS) is 21.4. The number of likely N-dealkylation sites (tertiary alicyclic amines) is 1. The zero-order chi connectivity index (χ0) is 20.4. The van der Waals surface area contributed by atoms with Gasteiger partial charge in [0, 0.05) is 32.1 Å². The van der Waals surface area contributed by atoms with Crippen LogP contribution in [-0.2, 0) is 11.3 Å². The van der Waals surface area contributed by atoms with Crippen LogP contribution in [0.3, 0.4) is 0 Å². The highest BCUT2D eigenvalue weighted by molar-refractivity contribution is 6.01. The number of Topliss-reactive ketones (excluding diaryl/α,β-unsaturated/α-hetero) is 1. The van der Waals surface area contributed by atoms with Crippen molar-refractivity contribution in [2.24, 2.45) is 0 Å². The second kappa shape index (κ2) is 7.77. The number of ketones is 1. The zero-order valence-corrected chi connectivity index (χ0v) is 15.7. The summed E-state index contributed by atoms with van der Waals surface area (Å²) in [6, 6.07) is 11.6. The quantitative estimate of drug-likeness (QED) is 0.472. The molecule has 0 aromatic heterocycles. The smallest absolute Gasteiger partial charge is 0.267 e. The lowest BCUT2D eigenvalue weighted by molar-refractivity contribution is -0.124. The molecule has 7 heteroatoms. The molecule has 1 saturated heterocycles. The van der Waals surface area contributed by atoms with Crippen molar-refractivity contribution >= 4 is 17.8 Å². The first-order valence-electron chi connectivity index (χ1n) is 9.42. The molecule has 1 atom stereocenters. The summed E-state index contributed by atoms with van der Waals surface area (Å²) in [7, 11) is 0. The summed E-state index contributed by atoms with van der Waals surface area (Å²) >= 11 is 0. The molecule has 1 unspecified atom stereocenters. The highest BCUT2D eigenvalue weighted by Gasteiger charge is 2.45. The molecule has 0 saturated carbocycles. The maximum Gasteiger partial charge on any atom is 0.267 e. The third-order valence-corrected chi connectivity index (χ3v) is 5.37. The molecule has 6 nitrogen and oxygen atoms in total. The van der Waals surface area contributed by atoms with Crippen LogP contribution in [0, 0.1) is 5.82 Å². The van der Waals surface area contributed by atoms with Gasteiger partial charge in [-0.15, -0.1) is 0 Å². The third kappa shape index (κ3) is 4.21. The summed E-state index contributed by atoms with van der Waals surface area (Å²) in [5, 5.41) is 8.55. The van der Waals surface area contributed by atoms with E-state index in [2.05, 4.69) is 4.90 Å². The molecular formula is C22H21FN2O4. The van der Waals surface area contributed by atoms with Crippen LogP contribution < -0.4 is 10.2 Å². The highest BCUT2D eigenvalue weighted by Crippen LogP contribution is 2.39. The molecule has 2 aliphatic heterocycles. The van der Waals surface area contributed by atoms with Gasteiger partial charge in [0.05, 0.1) is 12.0 Å². The Labute approximate surface area is 167 Å². The molecule has 0 bridgehead atoms. The summed E-state index contributed by atoms with van der Waals surface area (Å²) < 4.78 is 19.4. The number of amides is 1. The molecule has 0 aliphatic carbocycles. The number of hydrogen-bond donors (Lipinski definition) is 2. The molecule has 2 N–H and O–H groups in total. The molecule has 2 heterocycles. The van der Waals surface area contributed by atoms with Crippen LogP contribution in [0.1, 0.15) is 34.3 Å². The van der Waals surface area contributed by atoms with E-state index in [0.29, 0.717) is 36.4 Å². The number of nitrogens with zero attached hydrogens (tertiary/aromatic N) is 1. The zero-order valence-electron chi connectivity index (χ0n) is 15.7. The monoisotopic (exact) mass is 396 g/mol. The van der Waals surface area contributed by atoms with Gasteiger partial charge in [0.2, 0.25) is 0 Å². The Balaban J connectivity index is 1.47. The summed E-state index contributed by atoms with van der Waals surface area (Å²) in [5.74, 6) is -0.336. The number of ether oxygens (including phenoxy) is 1. The number of hydroxylamine groups is 1. The number of nitrogens with one attached hydrogen (secondary N) is 1. The van der Waals surface area contributed by atoms with Gasteiger partial charge in [0.25, 0.3) is 5.91 Å². The number of hydrogen-bond acceptors (Lipinski definition) is 5. The molecule has 29 heavy (non-hydrogen) atoms. The molecule has 4 rings (SSSR count). The standard InChI is InChI=1S/C22H21FN2O4/c23-17-5-1-16(2-6-17)13-25-10-9-22(14-25)12-19(26)18-11-15(3-7-20(18)29-22)4-8-21(27)24-28/h1-8,11,28H,9-10,12-14H2,(H,24,27)/b8-4+. The third-order valence-electron chi connectivity index (χ3n) is 5.37. The Kier molecular flexibility index (Phi) is 5.17. The minimum atomic E-state index is -0.642. The Morgan fingerprint density at radius 1 is 1.28 bits per heavy atom. The fourth-order valence-electron chi connectivity index (χ4n) is 3.96. The number of fused-ring (bicyclic) bond motifs is 1. The van der Waals surface area contributed by atoms with Gasteiger partial charge in [0.1, 0.15) is 17.2 Å². The van der Waals surface area contributed by atoms with Crippen LogP contribution in [-0.4, -0.2) is 40.5 Å². The maximum atomic E-state index is 13.1. The van der Waals surface area contributed by atoms with Crippen molar-refractivity contribution in [2.45, 2.75) is 25.0 Å². The van der Waals surface area contributed by atoms with E-state index in [-0.39, 0.29) is 11.6 Å². The fraction of sp³-hybridized carbons (Fsp3) is 0.273. The van der Waals surface area contributed by atoms with E-state index in [4.69, 9.17) is 9.94 Å². The van der Waals surface area contributed by atoms with Crippen molar-refractivity contribution < 1.29 is 23.9 Å². The van der Waals surface area contributed by atoms with Gasteiger partial charge in [-0.3, -0.25) is 19.7 Å². The minimum Gasteiger partial charge on any atom is -0.485 e. The van der Waals surface area contributed by atoms with Gasteiger partial charge in [-0.25, -0.2) is 9.87 Å². The van der Waals surface area contributed by atoms with Crippen molar-refractivity contribution in [2.75, 3.05) is 13.1 Å². The average molecular weight is 396 g/mol. The lowest BCUT2D eigenvalue weighted by Gasteiger charge is -2.35. The lowest BCUT2D eigenvalue weighted by Crippen LogP contribution is -2.44. The van der Waals surface area contributed by atoms with Crippen molar-refractivity contribution in [1.29, 1.82) is 0 Å². The van der Waals surface area contributed by atoms with E-state index in [1.165, 1.54) is 29.8 Å². The van der Waals surface area contributed by atoms with Crippen LogP contribution in [0.5, 0.6) is 5.75 Å². The number of benzene rings is 2. The average Bonchev–Trinajstić information content (AvgIpc) is 3.09. The highest BCUT2D eigenvalue weighted by atomic mass is 19.1. The van der Waals surface area contributed by atoms with Crippen LogP contribution in [0.25, 0.3) is 6.08 Å². The molecular weight excluding hydrogens is 375 g/mol. The first-order valence-corrected chi connectivity index (χ1v) is 9.42. The van der Waals surface area contributed by atoms with Crippen molar-refractivity contribution in [3.63, 3.8) is 0 Å². The minimum absolute atomic E-state index is 0.0109. The van der Waals surface area contributed by atoms with E-state index in [9.17, 15) is 14.0 Å². The van der Waals surface area contributed by atoms with E-state index < -0.39 is 11.5 Å². The molecule has 1 fully saturated rings. The van der Waals surface area contributed by atoms with Gasteiger partial charge < -0.3 is 4.74 Å². The molecule has 2 aromatic rings. The van der Waals surface area contributed by atoms with E-state index in [0.717, 1.165) is 18.5 Å². The van der Waals surface area contributed by atoms with Crippen molar-refractivity contribution in [1.82, 2.24) is 10.4 Å². The number of rotatable bonds is 4. The predicted octanol–water partition coefficient (Wildman–Crippen LogP) is 2.95. The topological polar surface area (TPSA) is 78.9 Å². The van der Waals surface area contributed by atoms with E-state index in [1.807, 2.05) is 0 Å².